The molecule has 9 heavy (non-hydrogen) atoms. The molecule has 1 heterocycles. The van der Waals surface area contributed by atoms with Gasteiger partial charge in [0.25, 0.3) is 0 Å². The van der Waals surface area contributed by atoms with E-state index >= 15 is 0 Å². The van der Waals surface area contributed by atoms with Crippen molar-refractivity contribution in [2.24, 2.45) is 0 Å². The summed E-state index contributed by atoms with van der Waals surface area (Å²) in [6, 6.07) is 0. The fourth-order valence-corrected chi connectivity index (χ4v) is 2.19. The maximum absolute atomic E-state index is 10.2. The standard InChI is InChI=1S/C6H6GeO2/c8-6(9)5-1-3-7-4-2-5/h1-4,7H,(H,8,9). The van der Waals surface area contributed by atoms with Gasteiger partial charge in [0.2, 0.25) is 0 Å². The molecule has 0 spiro atoms. The number of rotatable bonds is 1. The van der Waals surface area contributed by atoms with Crippen molar-refractivity contribution >= 4 is 25.8 Å². The third-order valence-corrected chi connectivity index (χ3v) is 2.76. The van der Waals surface area contributed by atoms with Gasteiger partial charge < -0.3 is 0 Å². The Labute approximate surface area is 58.9 Å². The van der Waals surface area contributed by atoms with Crippen molar-refractivity contribution in [3.63, 3.8) is 0 Å². The van der Waals surface area contributed by atoms with Crippen LogP contribution in [0.1, 0.15) is 0 Å². The summed E-state index contributed by atoms with van der Waals surface area (Å²) >= 11 is -0.331. The van der Waals surface area contributed by atoms with E-state index in [9.17, 15) is 4.79 Å². The molecule has 2 nitrogen and oxygen atoms in total. The number of allylic oxidation sites excluding steroid dienone is 1. The molecule has 0 aromatic carbocycles. The van der Waals surface area contributed by atoms with Crippen molar-refractivity contribution in [1.29, 1.82) is 0 Å². The van der Waals surface area contributed by atoms with Crippen molar-refractivity contribution in [2.75, 3.05) is 0 Å². The second-order valence-electron chi connectivity index (χ2n) is 1.67. The number of hydrogen-bond donors (Lipinski definition) is 1. The van der Waals surface area contributed by atoms with E-state index < -0.39 is 5.97 Å². The van der Waals surface area contributed by atoms with E-state index in [0.717, 1.165) is 0 Å². The Balaban J connectivity index is 2.84. The second-order valence-corrected chi connectivity index (χ2v) is 4.09. The monoisotopic (exact) mass is 184 g/mol. The predicted octanol–water partition coefficient (Wildman–Crippen LogP) is -0.237. The van der Waals surface area contributed by atoms with Gasteiger partial charge in [-0.3, -0.25) is 0 Å². The summed E-state index contributed by atoms with van der Waals surface area (Å²) in [5.74, 6) is -0.834. The summed E-state index contributed by atoms with van der Waals surface area (Å²) in [7, 11) is 0. The van der Waals surface area contributed by atoms with Gasteiger partial charge in [0.05, 0.1) is 0 Å². The summed E-state index contributed by atoms with van der Waals surface area (Å²) in [6.07, 6.45) is 3.37. The Kier molecular flexibility index (Phi) is 2.00. The van der Waals surface area contributed by atoms with Crippen molar-refractivity contribution in [3.8, 4) is 0 Å². The fourth-order valence-electron chi connectivity index (χ4n) is 0.581. The van der Waals surface area contributed by atoms with E-state index in [1.807, 2.05) is 9.76 Å². The number of hydrogen-bond acceptors (Lipinski definition) is 1. The molecule has 0 aromatic rings. The van der Waals surface area contributed by atoms with Crippen molar-refractivity contribution in [2.45, 2.75) is 0 Å². The number of carboxylic acid groups (broad SMARTS) is 1. The van der Waals surface area contributed by atoms with Crippen LogP contribution in [0.25, 0.3) is 0 Å². The van der Waals surface area contributed by atoms with E-state index in [4.69, 9.17) is 5.11 Å². The topological polar surface area (TPSA) is 37.3 Å². The first-order valence-corrected chi connectivity index (χ1v) is 5.39. The summed E-state index contributed by atoms with van der Waals surface area (Å²) in [5, 5.41) is 8.42. The van der Waals surface area contributed by atoms with Crippen LogP contribution in [-0.4, -0.2) is 30.9 Å². The van der Waals surface area contributed by atoms with Gasteiger partial charge >= 0.3 is 58.3 Å². The molecule has 0 unspecified atom stereocenters. The molecule has 0 aromatic heterocycles. The first-order valence-electron chi connectivity index (χ1n) is 2.59. The summed E-state index contributed by atoms with van der Waals surface area (Å²) < 4.78 is 0. The van der Waals surface area contributed by atoms with Crippen LogP contribution in [0.15, 0.2) is 22.6 Å². The molecule has 0 fully saturated rings. The van der Waals surface area contributed by atoms with Crippen LogP contribution in [-0.2, 0) is 4.79 Å². The molecule has 3 heteroatoms. The molecule has 1 aliphatic rings. The molecule has 0 amide bonds. The molecular formula is C6H6GeO2. The van der Waals surface area contributed by atoms with E-state index in [-0.39, 0.29) is 15.0 Å². The molecule has 0 bridgehead atoms. The Bertz CT molecular complexity index is 213. The first kappa shape index (κ1) is 6.48. The average molecular weight is 183 g/mol. The van der Waals surface area contributed by atoms with Crippen LogP contribution in [0, 0.1) is 0 Å². The van der Waals surface area contributed by atoms with Gasteiger partial charge in [-0.05, 0) is 0 Å². The van der Waals surface area contributed by atoms with Gasteiger partial charge in [-0.15, -0.1) is 0 Å². The first-order chi connectivity index (χ1) is 4.30. The van der Waals surface area contributed by atoms with Gasteiger partial charge in [0.1, 0.15) is 0 Å². The SMILES string of the molecule is O=C(O)C1=C[CH]=[GeH][CH]=C1. The molecule has 0 aliphatic carbocycles. The average Bonchev–Trinajstić information content (AvgIpc) is 1.90. The number of carbonyl (C=O) groups is 1. The van der Waals surface area contributed by atoms with E-state index in [2.05, 4.69) is 0 Å². The van der Waals surface area contributed by atoms with Crippen LogP contribution in [0.3, 0.4) is 0 Å². The Morgan fingerprint density at radius 1 is 1.67 bits per heavy atom. The normalized spacial score (nSPS) is 15.3. The Hall–Kier alpha value is -0.637. The van der Waals surface area contributed by atoms with Crippen LogP contribution >= 0.6 is 0 Å². The zero-order valence-corrected chi connectivity index (χ0v) is 7.16. The third-order valence-electron chi connectivity index (χ3n) is 1.02. The van der Waals surface area contributed by atoms with Crippen LogP contribution in [0.4, 0.5) is 0 Å². The summed E-state index contributed by atoms with van der Waals surface area (Å²) in [6.45, 7) is 0. The van der Waals surface area contributed by atoms with E-state index in [0.29, 0.717) is 5.57 Å². The predicted molar refractivity (Wildman–Crippen MR) is 38.1 cm³/mol. The van der Waals surface area contributed by atoms with Crippen LogP contribution in [0.2, 0.25) is 0 Å². The second kappa shape index (κ2) is 2.78. The molecule has 0 saturated carbocycles. The van der Waals surface area contributed by atoms with E-state index in [1.54, 1.807) is 12.2 Å². The van der Waals surface area contributed by atoms with E-state index in [1.165, 1.54) is 0 Å². The molecule has 0 atom stereocenters. The third kappa shape index (κ3) is 1.64. The van der Waals surface area contributed by atoms with Crippen molar-refractivity contribution < 1.29 is 9.90 Å². The quantitative estimate of drug-likeness (QED) is 0.569. The Morgan fingerprint density at radius 2 is 2.44 bits per heavy atom. The minimum atomic E-state index is -0.834. The van der Waals surface area contributed by atoms with Crippen molar-refractivity contribution in [3.05, 3.63) is 22.6 Å². The van der Waals surface area contributed by atoms with Gasteiger partial charge in [0.15, 0.2) is 0 Å². The zero-order valence-electron chi connectivity index (χ0n) is 4.74. The minimum absolute atomic E-state index is 0.331. The molecule has 0 radical (unpaired) electrons. The number of aliphatic carboxylic acids is 1. The van der Waals surface area contributed by atoms with Crippen molar-refractivity contribution in [1.82, 2.24) is 0 Å². The van der Waals surface area contributed by atoms with Crippen LogP contribution < -0.4 is 0 Å². The molecule has 0 saturated heterocycles. The zero-order chi connectivity index (χ0) is 6.69. The van der Waals surface area contributed by atoms with Gasteiger partial charge in [-0.2, -0.15) is 0 Å². The molecule has 1 N–H and O–H groups in total. The van der Waals surface area contributed by atoms with Gasteiger partial charge in [0, 0.05) is 0 Å². The van der Waals surface area contributed by atoms with Crippen LogP contribution in [0.5, 0.6) is 0 Å². The Morgan fingerprint density at radius 3 is 2.78 bits per heavy atom. The fraction of sp³-hybridized carbons (Fsp3) is 0. The van der Waals surface area contributed by atoms with Gasteiger partial charge in [-0.25, -0.2) is 0 Å². The number of carboxylic acids is 1. The van der Waals surface area contributed by atoms with Gasteiger partial charge in [-0.1, -0.05) is 0 Å². The molecule has 1 rings (SSSR count). The maximum atomic E-state index is 10.2. The molecule has 46 valence electrons. The summed E-state index contributed by atoms with van der Waals surface area (Å²) in [4.78, 5) is 14.2. The summed E-state index contributed by atoms with van der Waals surface area (Å²) in [5.41, 5.74) is 0.401. The molecule has 1 aliphatic heterocycles. The molecular weight excluding hydrogens is 177 g/mol.